The van der Waals surface area contributed by atoms with Gasteiger partial charge in [-0.15, -0.1) is 13.2 Å². The molecule has 0 bridgehead atoms. The van der Waals surface area contributed by atoms with Crippen molar-refractivity contribution >= 4 is 27.3 Å². The first-order valence-corrected chi connectivity index (χ1v) is 13.3. The van der Waals surface area contributed by atoms with Crippen LogP contribution in [-0.2, 0) is 19.4 Å². The van der Waals surface area contributed by atoms with Crippen molar-refractivity contribution < 1.29 is 45.9 Å². The Labute approximate surface area is 227 Å². The number of hydrogen-bond acceptors (Lipinski definition) is 8. The minimum atomic E-state index is -4.82. The lowest BCUT2D eigenvalue weighted by Crippen LogP contribution is -2.54. The van der Waals surface area contributed by atoms with Gasteiger partial charge in [0.15, 0.2) is 14.6 Å². The molecule has 4 rings (SSSR count). The molecular weight excluding hydrogens is 555 g/mol. The molecule has 14 heteroatoms. The highest BCUT2D eigenvalue weighted by molar-refractivity contribution is 7.93. The van der Waals surface area contributed by atoms with Crippen molar-refractivity contribution in [2.24, 2.45) is 0 Å². The zero-order chi connectivity index (χ0) is 29.1. The number of hydroxylamine groups is 1. The number of alkyl halides is 3. The predicted molar refractivity (Wildman–Crippen MR) is 135 cm³/mol. The highest BCUT2D eigenvalue weighted by Crippen LogP contribution is 2.35. The van der Waals surface area contributed by atoms with Crippen molar-refractivity contribution in [3.05, 3.63) is 72.4 Å². The summed E-state index contributed by atoms with van der Waals surface area (Å²) >= 11 is 0. The molecule has 10 nitrogen and oxygen atoms in total. The number of amides is 2. The lowest BCUT2D eigenvalue weighted by molar-refractivity contribution is -0.274. The summed E-state index contributed by atoms with van der Waals surface area (Å²) in [5.74, 6) is -1.86. The van der Waals surface area contributed by atoms with Gasteiger partial charge in [-0.05, 0) is 61.4 Å². The van der Waals surface area contributed by atoms with Crippen LogP contribution in [0.4, 0.5) is 18.9 Å². The van der Waals surface area contributed by atoms with Crippen molar-refractivity contribution in [2.75, 3.05) is 25.2 Å². The van der Waals surface area contributed by atoms with Gasteiger partial charge in [-0.1, -0.05) is 12.1 Å². The molecule has 0 unspecified atom stereocenters. The third-order valence-corrected chi connectivity index (χ3v) is 9.05. The van der Waals surface area contributed by atoms with Crippen LogP contribution < -0.4 is 15.1 Å². The van der Waals surface area contributed by atoms with E-state index in [9.17, 15) is 36.4 Å². The average molecular weight is 580 g/mol. The summed E-state index contributed by atoms with van der Waals surface area (Å²) in [6.45, 7) is 0.0758. The second kappa shape index (κ2) is 11.2. The molecule has 3 aromatic rings. The van der Waals surface area contributed by atoms with Gasteiger partial charge in [-0.2, -0.15) is 0 Å². The fourth-order valence-corrected chi connectivity index (χ4v) is 6.21. The lowest BCUT2D eigenvalue weighted by atomic mass is 9.98. The second-order valence-electron chi connectivity index (χ2n) is 8.91. The topological polar surface area (TPSA) is 135 Å². The Morgan fingerprint density at radius 3 is 2.17 bits per heavy atom. The minimum absolute atomic E-state index is 0.0379. The monoisotopic (exact) mass is 579 g/mol. The standard InChI is InChI=1S/C26H24F3N3O7S/c1-32(19-6-8-20(9-7-19)39-26(27,28)29)23(33)18-4-2-17(3-5-18)22-11-10-21(16-30-22)40(36,37)25(24(34)31-35)12-14-38-15-13-25/h2-11,16,35H,12-15H2,1H3,(H,31,34). The van der Waals surface area contributed by atoms with E-state index in [2.05, 4.69) is 9.72 Å². The number of carbonyl (C=O) groups is 2. The molecule has 2 aromatic carbocycles. The molecular formula is C26H24F3N3O7S. The van der Waals surface area contributed by atoms with Crippen molar-refractivity contribution in [2.45, 2.75) is 28.8 Å². The molecule has 0 spiro atoms. The van der Waals surface area contributed by atoms with Crippen LogP contribution >= 0.6 is 0 Å². The van der Waals surface area contributed by atoms with Crippen LogP contribution in [0.15, 0.2) is 71.8 Å². The molecule has 2 N–H and O–H groups in total. The number of nitrogens with zero attached hydrogens (tertiary/aromatic N) is 2. The molecule has 40 heavy (non-hydrogen) atoms. The summed E-state index contributed by atoms with van der Waals surface area (Å²) in [7, 11) is -2.76. The van der Waals surface area contributed by atoms with E-state index >= 15 is 0 Å². The quantitative estimate of drug-likeness (QED) is 0.319. The van der Waals surface area contributed by atoms with E-state index in [0.29, 0.717) is 16.9 Å². The van der Waals surface area contributed by atoms with Crippen LogP contribution in [0.25, 0.3) is 11.3 Å². The maximum absolute atomic E-state index is 13.4. The van der Waals surface area contributed by atoms with Gasteiger partial charge in [0.05, 0.1) is 10.6 Å². The summed E-state index contributed by atoms with van der Waals surface area (Å²) in [4.78, 5) is 30.6. The number of sulfone groups is 1. The minimum Gasteiger partial charge on any atom is -0.406 e. The van der Waals surface area contributed by atoms with Crippen LogP contribution in [0.2, 0.25) is 0 Å². The number of aromatic nitrogens is 1. The second-order valence-corrected chi connectivity index (χ2v) is 11.2. The Kier molecular flexibility index (Phi) is 8.14. The number of nitrogens with one attached hydrogen (secondary N) is 1. The maximum atomic E-state index is 13.4. The van der Waals surface area contributed by atoms with Crippen molar-refractivity contribution in [3.8, 4) is 17.0 Å². The van der Waals surface area contributed by atoms with E-state index in [4.69, 9.17) is 4.74 Å². The number of hydrogen-bond donors (Lipinski definition) is 2. The molecule has 1 fully saturated rings. The number of carbonyl (C=O) groups excluding carboxylic acids is 2. The smallest absolute Gasteiger partial charge is 0.406 e. The van der Waals surface area contributed by atoms with Gasteiger partial charge in [0, 0.05) is 43.3 Å². The van der Waals surface area contributed by atoms with E-state index in [-0.39, 0.29) is 36.5 Å². The summed E-state index contributed by atoms with van der Waals surface area (Å²) in [5.41, 5.74) is 3.07. The van der Waals surface area contributed by atoms with Crippen LogP contribution in [0.5, 0.6) is 5.75 Å². The first kappa shape index (κ1) is 29.0. The Morgan fingerprint density at radius 1 is 1.02 bits per heavy atom. The van der Waals surface area contributed by atoms with Crippen LogP contribution in [0.1, 0.15) is 23.2 Å². The van der Waals surface area contributed by atoms with Gasteiger partial charge in [0.2, 0.25) is 0 Å². The van der Waals surface area contributed by atoms with Crippen LogP contribution in [0, 0.1) is 0 Å². The molecule has 1 saturated heterocycles. The third-order valence-electron chi connectivity index (χ3n) is 6.57. The third kappa shape index (κ3) is 5.78. The zero-order valence-corrected chi connectivity index (χ0v) is 21.8. The number of ether oxygens (including phenoxy) is 2. The normalized spacial score (nSPS) is 15.2. The fourth-order valence-electron chi connectivity index (χ4n) is 4.32. The molecule has 212 valence electrons. The summed E-state index contributed by atoms with van der Waals surface area (Å²) in [6, 6.07) is 13.9. The van der Waals surface area contributed by atoms with E-state index in [1.807, 2.05) is 0 Å². The number of pyridine rings is 1. The van der Waals surface area contributed by atoms with Gasteiger partial charge in [-0.3, -0.25) is 19.8 Å². The van der Waals surface area contributed by atoms with Gasteiger partial charge in [0.25, 0.3) is 11.8 Å². The van der Waals surface area contributed by atoms with Gasteiger partial charge in [0.1, 0.15) is 5.75 Å². The lowest BCUT2D eigenvalue weighted by Gasteiger charge is -2.34. The molecule has 2 amide bonds. The SMILES string of the molecule is CN(C(=O)c1ccc(-c2ccc(S(=O)(=O)C3(C(=O)NO)CCOCC3)cn2)cc1)c1ccc(OC(F)(F)F)cc1. The zero-order valence-electron chi connectivity index (χ0n) is 21.0. The molecule has 0 saturated carbocycles. The average Bonchev–Trinajstić information content (AvgIpc) is 2.96. The van der Waals surface area contributed by atoms with E-state index in [1.54, 1.807) is 12.1 Å². The molecule has 1 aromatic heterocycles. The van der Waals surface area contributed by atoms with E-state index in [1.165, 1.54) is 53.8 Å². The number of rotatable bonds is 7. The number of anilines is 1. The molecule has 1 aliphatic rings. The fraction of sp³-hybridized carbons (Fsp3) is 0.269. The first-order chi connectivity index (χ1) is 18.9. The van der Waals surface area contributed by atoms with E-state index in [0.717, 1.165) is 18.3 Å². The summed E-state index contributed by atoms with van der Waals surface area (Å²) in [5, 5.41) is 9.17. The van der Waals surface area contributed by atoms with Crippen molar-refractivity contribution in [1.29, 1.82) is 0 Å². The number of halogens is 3. The van der Waals surface area contributed by atoms with E-state index < -0.39 is 38.5 Å². The Bertz CT molecular complexity index is 1470. The molecule has 2 heterocycles. The maximum Gasteiger partial charge on any atom is 0.573 e. The van der Waals surface area contributed by atoms with Gasteiger partial charge in [-0.25, -0.2) is 13.9 Å². The van der Waals surface area contributed by atoms with Crippen molar-refractivity contribution in [3.63, 3.8) is 0 Å². The van der Waals surface area contributed by atoms with Crippen molar-refractivity contribution in [1.82, 2.24) is 10.5 Å². The molecule has 0 atom stereocenters. The van der Waals surface area contributed by atoms with Gasteiger partial charge < -0.3 is 14.4 Å². The Balaban J connectivity index is 1.49. The highest BCUT2D eigenvalue weighted by Gasteiger charge is 2.52. The largest absolute Gasteiger partial charge is 0.573 e. The van der Waals surface area contributed by atoms with Gasteiger partial charge >= 0.3 is 6.36 Å². The van der Waals surface area contributed by atoms with Crippen LogP contribution in [-0.4, -0.2) is 61.8 Å². The highest BCUT2D eigenvalue weighted by atomic mass is 32.2. The molecule has 0 radical (unpaired) electrons. The summed E-state index contributed by atoms with van der Waals surface area (Å²) in [6.07, 6.45) is -3.94. The first-order valence-electron chi connectivity index (χ1n) is 11.9. The predicted octanol–water partition coefficient (Wildman–Crippen LogP) is 3.75. The Hall–Kier alpha value is -4.01. The molecule has 0 aliphatic carbocycles. The Morgan fingerprint density at radius 2 is 1.65 bits per heavy atom. The molecule has 1 aliphatic heterocycles. The summed E-state index contributed by atoms with van der Waals surface area (Å²) < 4.78 is 71.0. The van der Waals surface area contributed by atoms with Crippen LogP contribution in [0.3, 0.4) is 0 Å². The number of benzene rings is 2.